The van der Waals surface area contributed by atoms with Crippen molar-refractivity contribution in [1.82, 2.24) is 4.98 Å². The second-order valence-electron chi connectivity index (χ2n) is 6.01. The van der Waals surface area contributed by atoms with E-state index in [2.05, 4.69) is 10.3 Å². The third kappa shape index (κ3) is 3.42. The number of fused-ring (bicyclic) bond motifs is 1. The van der Waals surface area contributed by atoms with E-state index in [9.17, 15) is 13.6 Å². The van der Waals surface area contributed by atoms with E-state index in [0.717, 1.165) is 23.4 Å². The first kappa shape index (κ1) is 17.7. The Balaban J connectivity index is 1.58. The first-order valence-electron chi connectivity index (χ1n) is 8.35. The molecule has 0 atom stereocenters. The molecule has 1 aromatic heterocycles. The molecule has 5 nitrogen and oxygen atoms in total. The van der Waals surface area contributed by atoms with Crippen molar-refractivity contribution in [2.75, 3.05) is 12.4 Å². The highest BCUT2D eigenvalue weighted by molar-refractivity contribution is 6.04. The second kappa shape index (κ2) is 7.11. The highest BCUT2D eigenvalue weighted by Gasteiger charge is 2.12. The van der Waals surface area contributed by atoms with Crippen LogP contribution in [-0.4, -0.2) is 18.0 Å². The Bertz CT molecular complexity index is 1170. The van der Waals surface area contributed by atoms with Crippen LogP contribution >= 0.6 is 0 Å². The minimum Gasteiger partial charge on any atom is -0.497 e. The van der Waals surface area contributed by atoms with Crippen molar-refractivity contribution < 1.29 is 22.7 Å². The summed E-state index contributed by atoms with van der Waals surface area (Å²) in [5, 5.41) is 2.63. The van der Waals surface area contributed by atoms with Crippen LogP contribution in [0.3, 0.4) is 0 Å². The van der Waals surface area contributed by atoms with E-state index < -0.39 is 17.5 Å². The lowest BCUT2D eigenvalue weighted by Crippen LogP contribution is -2.12. The van der Waals surface area contributed by atoms with Crippen molar-refractivity contribution in [3.05, 3.63) is 77.9 Å². The molecule has 4 aromatic rings. The third-order valence-electron chi connectivity index (χ3n) is 4.17. The quantitative estimate of drug-likeness (QED) is 0.539. The Morgan fingerprint density at radius 2 is 1.79 bits per heavy atom. The summed E-state index contributed by atoms with van der Waals surface area (Å²) < 4.78 is 37.2. The number of hydrogen-bond acceptors (Lipinski definition) is 4. The molecular formula is C21H14F2N2O3. The van der Waals surface area contributed by atoms with Gasteiger partial charge >= 0.3 is 0 Å². The SMILES string of the molecule is COc1ccc(-c2nc3ccc(NC(=O)c4ccc(F)c(F)c4)cc3o2)cc1. The molecule has 4 rings (SSSR count). The van der Waals surface area contributed by atoms with Gasteiger partial charge in [0.2, 0.25) is 5.89 Å². The minimum atomic E-state index is -1.08. The Morgan fingerprint density at radius 1 is 1.00 bits per heavy atom. The highest BCUT2D eigenvalue weighted by Crippen LogP contribution is 2.27. The average molecular weight is 380 g/mol. The van der Waals surface area contributed by atoms with Crippen molar-refractivity contribution in [3.63, 3.8) is 0 Å². The van der Waals surface area contributed by atoms with Gasteiger partial charge in [0.15, 0.2) is 17.2 Å². The third-order valence-corrected chi connectivity index (χ3v) is 4.17. The number of amides is 1. The van der Waals surface area contributed by atoms with E-state index >= 15 is 0 Å². The largest absolute Gasteiger partial charge is 0.497 e. The Kier molecular flexibility index (Phi) is 4.49. The minimum absolute atomic E-state index is 0.00971. The van der Waals surface area contributed by atoms with E-state index in [-0.39, 0.29) is 5.56 Å². The summed E-state index contributed by atoms with van der Waals surface area (Å²) in [7, 11) is 1.59. The molecule has 1 amide bonds. The molecule has 0 unspecified atom stereocenters. The summed E-state index contributed by atoms with van der Waals surface area (Å²) in [5.41, 5.74) is 2.34. The summed E-state index contributed by atoms with van der Waals surface area (Å²) in [6.07, 6.45) is 0. The maximum Gasteiger partial charge on any atom is 0.255 e. The van der Waals surface area contributed by atoms with Gasteiger partial charge < -0.3 is 14.5 Å². The molecule has 0 radical (unpaired) electrons. The van der Waals surface area contributed by atoms with Gasteiger partial charge in [0.05, 0.1) is 7.11 Å². The molecule has 0 fully saturated rings. The van der Waals surface area contributed by atoms with Crippen LogP contribution in [0.25, 0.3) is 22.6 Å². The molecule has 1 heterocycles. The fraction of sp³-hybridized carbons (Fsp3) is 0.0476. The van der Waals surface area contributed by atoms with E-state index in [1.807, 2.05) is 12.1 Å². The molecule has 0 aliphatic carbocycles. The Hall–Kier alpha value is -3.74. The first-order valence-corrected chi connectivity index (χ1v) is 8.35. The monoisotopic (exact) mass is 380 g/mol. The fourth-order valence-corrected chi connectivity index (χ4v) is 2.70. The van der Waals surface area contributed by atoms with Gasteiger partial charge in [-0.05, 0) is 54.6 Å². The van der Waals surface area contributed by atoms with Crippen LogP contribution in [-0.2, 0) is 0 Å². The molecule has 28 heavy (non-hydrogen) atoms. The molecular weight excluding hydrogens is 366 g/mol. The molecule has 0 bridgehead atoms. The zero-order chi connectivity index (χ0) is 19.7. The summed E-state index contributed by atoms with van der Waals surface area (Å²) in [5.74, 6) is -1.50. The van der Waals surface area contributed by atoms with E-state index in [0.29, 0.717) is 22.7 Å². The van der Waals surface area contributed by atoms with Crippen LogP contribution in [0.4, 0.5) is 14.5 Å². The molecule has 0 saturated heterocycles. The molecule has 0 aliphatic rings. The summed E-state index contributed by atoms with van der Waals surface area (Å²) in [6, 6.07) is 15.2. The number of carbonyl (C=O) groups is 1. The number of nitrogens with zero attached hydrogens (tertiary/aromatic N) is 1. The number of oxazole rings is 1. The molecule has 0 aliphatic heterocycles. The number of nitrogens with one attached hydrogen (secondary N) is 1. The standard InChI is InChI=1S/C21H14F2N2O3/c1-27-15-6-2-12(3-7-15)21-25-18-9-5-14(11-19(18)28-21)24-20(26)13-4-8-16(22)17(23)10-13/h2-11H,1H3,(H,24,26). The van der Waals surface area contributed by atoms with Gasteiger partial charge in [-0.3, -0.25) is 4.79 Å². The summed E-state index contributed by atoms with van der Waals surface area (Å²) >= 11 is 0. The van der Waals surface area contributed by atoms with E-state index in [1.165, 1.54) is 6.07 Å². The van der Waals surface area contributed by atoms with Gasteiger partial charge in [-0.25, -0.2) is 13.8 Å². The van der Waals surface area contributed by atoms with Crippen molar-refractivity contribution in [2.45, 2.75) is 0 Å². The second-order valence-corrected chi connectivity index (χ2v) is 6.01. The average Bonchev–Trinajstić information content (AvgIpc) is 3.13. The van der Waals surface area contributed by atoms with E-state index in [1.54, 1.807) is 37.4 Å². The lowest BCUT2D eigenvalue weighted by molar-refractivity contribution is 0.102. The predicted octanol–water partition coefficient (Wildman–Crippen LogP) is 5.03. The topological polar surface area (TPSA) is 64.4 Å². The van der Waals surface area contributed by atoms with Crippen molar-refractivity contribution in [1.29, 1.82) is 0 Å². The Morgan fingerprint density at radius 3 is 2.50 bits per heavy atom. The van der Waals surface area contributed by atoms with Crippen molar-refractivity contribution in [3.8, 4) is 17.2 Å². The van der Waals surface area contributed by atoms with Gasteiger partial charge in [0, 0.05) is 22.9 Å². The van der Waals surface area contributed by atoms with Crippen LogP contribution in [0.2, 0.25) is 0 Å². The van der Waals surface area contributed by atoms with Crippen LogP contribution in [0.5, 0.6) is 5.75 Å². The zero-order valence-electron chi connectivity index (χ0n) is 14.7. The molecule has 7 heteroatoms. The number of aromatic nitrogens is 1. The fourth-order valence-electron chi connectivity index (χ4n) is 2.70. The van der Waals surface area contributed by atoms with Gasteiger partial charge in [0.1, 0.15) is 11.3 Å². The molecule has 0 spiro atoms. The molecule has 1 N–H and O–H groups in total. The summed E-state index contributed by atoms with van der Waals surface area (Å²) in [6.45, 7) is 0. The van der Waals surface area contributed by atoms with Gasteiger partial charge in [0.25, 0.3) is 5.91 Å². The van der Waals surface area contributed by atoms with Crippen LogP contribution < -0.4 is 10.1 Å². The number of halogens is 2. The molecule has 140 valence electrons. The number of hydrogen-bond donors (Lipinski definition) is 1. The first-order chi connectivity index (χ1) is 13.5. The number of rotatable bonds is 4. The Labute approximate surface area is 158 Å². The molecule has 3 aromatic carbocycles. The van der Waals surface area contributed by atoms with Gasteiger partial charge in [-0.15, -0.1) is 0 Å². The van der Waals surface area contributed by atoms with Crippen LogP contribution in [0.1, 0.15) is 10.4 Å². The van der Waals surface area contributed by atoms with Crippen LogP contribution in [0.15, 0.2) is 65.1 Å². The normalized spacial score (nSPS) is 10.8. The van der Waals surface area contributed by atoms with Gasteiger partial charge in [-0.2, -0.15) is 0 Å². The smallest absolute Gasteiger partial charge is 0.255 e. The maximum absolute atomic E-state index is 13.3. The summed E-state index contributed by atoms with van der Waals surface area (Å²) in [4.78, 5) is 16.7. The van der Waals surface area contributed by atoms with Crippen LogP contribution in [0, 0.1) is 11.6 Å². The highest BCUT2D eigenvalue weighted by atomic mass is 19.2. The number of methoxy groups -OCH3 is 1. The predicted molar refractivity (Wildman–Crippen MR) is 100 cm³/mol. The lowest BCUT2D eigenvalue weighted by Gasteiger charge is -2.05. The van der Waals surface area contributed by atoms with Crippen molar-refractivity contribution >= 4 is 22.7 Å². The lowest BCUT2D eigenvalue weighted by atomic mass is 10.2. The molecule has 0 saturated carbocycles. The van der Waals surface area contributed by atoms with Gasteiger partial charge in [-0.1, -0.05) is 0 Å². The maximum atomic E-state index is 13.3. The number of anilines is 1. The number of carbonyl (C=O) groups excluding carboxylic acids is 1. The van der Waals surface area contributed by atoms with E-state index in [4.69, 9.17) is 9.15 Å². The zero-order valence-corrected chi connectivity index (χ0v) is 14.7. The van der Waals surface area contributed by atoms with Crippen molar-refractivity contribution in [2.24, 2.45) is 0 Å². The number of benzene rings is 3. The number of ether oxygens (including phenoxy) is 1.